The van der Waals surface area contributed by atoms with Crippen molar-refractivity contribution in [3.05, 3.63) is 0 Å². The van der Waals surface area contributed by atoms with E-state index in [0.29, 0.717) is 0 Å². The molecule has 2 heteroatoms. The first-order valence-corrected chi connectivity index (χ1v) is 5.09. The van der Waals surface area contributed by atoms with E-state index < -0.39 is 0 Å². The number of nitrogens with one attached hydrogen (secondary N) is 1. The molecule has 0 aromatic carbocycles. The maximum atomic E-state index is 5.60. The molecule has 0 aromatic rings. The van der Waals surface area contributed by atoms with Gasteiger partial charge in [-0.25, -0.2) is 0 Å². The molecule has 0 bridgehead atoms. The zero-order valence-electron chi connectivity index (χ0n) is 8.40. The van der Waals surface area contributed by atoms with Crippen LogP contribution in [0.4, 0.5) is 0 Å². The van der Waals surface area contributed by atoms with Gasteiger partial charge in [0.1, 0.15) is 0 Å². The van der Waals surface area contributed by atoms with Crippen LogP contribution < -0.4 is 11.1 Å². The Morgan fingerprint density at radius 1 is 1.42 bits per heavy atom. The van der Waals surface area contributed by atoms with Gasteiger partial charge in [-0.3, -0.25) is 0 Å². The summed E-state index contributed by atoms with van der Waals surface area (Å²) < 4.78 is 0. The van der Waals surface area contributed by atoms with Crippen LogP contribution in [0.25, 0.3) is 0 Å². The zero-order chi connectivity index (χ0) is 9.03. The molecule has 0 saturated heterocycles. The van der Waals surface area contributed by atoms with Gasteiger partial charge in [0.2, 0.25) is 0 Å². The summed E-state index contributed by atoms with van der Waals surface area (Å²) in [6, 6.07) is 0. The summed E-state index contributed by atoms with van der Waals surface area (Å²) in [5.41, 5.74) is 5.73. The summed E-state index contributed by atoms with van der Waals surface area (Å²) in [7, 11) is 0. The number of nitrogens with two attached hydrogens (primary N) is 1. The lowest BCUT2D eigenvalue weighted by Gasteiger charge is -2.24. The molecule has 1 rings (SSSR count). The summed E-state index contributed by atoms with van der Waals surface area (Å²) in [5.74, 6) is 1.06. The van der Waals surface area contributed by atoms with Gasteiger partial charge in [-0.2, -0.15) is 0 Å². The maximum Gasteiger partial charge on any atom is 0.0247 e. The SMILES string of the molecule is CC(C)(CN)NCCCC1CC1. The van der Waals surface area contributed by atoms with E-state index in [-0.39, 0.29) is 5.54 Å². The highest BCUT2D eigenvalue weighted by atomic mass is 15.0. The minimum Gasteiger partial charge on any atom is -0.329 e. The largest absolute Gasteiger partial charge is 0.329 e. The van der Waals surface area contributed by atoms with Crippen LogP contribution in [0.15, 0.2) is 0 Å². The molecule has 3 N–H and O–H groups in total. The van der Waals surface area contributed by atoms with Crippen LogP contribution in [0.5, 0.6) is 0 Å². The highest BCUT2D eigenvalue weighted by Crippen LogP contribution is 2.33. The zero-order valence-corrected chi connectivity index (χ0v) is 8.40. The fourth-order valence-corrected chi connectivity index (χ4v) is 1.30. The fourth-order valence-electron chi connectivity index (χ4n) is 1.30. The van der Waals surface area contributed by atoms with Gasteiger partial charge in [-0.1, -0.05) is 12.8 Å². The molecule has 2 nitrogen and oxygen atoms in total. The summed E-state index contributed by atoms with van der Waals surface area (Å²) in [5, 5.41) is 3.47. The molecule has 0 aliphatic heterocycles. The van der Waals surface area contributed by atoms with Gasteiger partial charge in [-0.15, -0.1) is 0 Å². The van der Waals surface area contributed by atoms with E-state index in [1.165, 1.54) is 25.7 Å². The number of hydrogen-bond donors (Lipinski definition) is 2. The van der Waals surface area contributed by atoms with Crippen molar-refractivity contribution in [1.82, 2.24) is 5.32 Å². The van der Waals surface area contributed by atoms with Crippen molar-refractivity contribution in [3.63, 3.8) is 0 Å². The Labute approximate surface area is 75.9 Å². The number of hydrogen-bond acceptors (Lipinski definition) is 2. The predicted octanol–water partition coefficient (Wildman–Crippen LogP) is 1.50. The lowest BCUT2D eigenvalue weighted by molar-refractivity contribution is 0.390. The minimum absolute atomic E-state index is 0.129. The Hall–Kier alpha value is -0.0800. The summed E-state index contributed by atoms with van der Waals surface area (Å²) in [4.78, 5) is 0. The lowest BCUT2D eigenvalue weighted by atomic mass is 10.1. The van der Waals surface area contributed by atoms with Crippen molar-refractivity contribution < 1.29 is 0 Å². The van der Waals surface area contributed by atoms with Crippen molar-refractivity contribution >= 4 is 0 Å². The first-order valence-electron chi connectivity index (χ1n) is 5.09. The molecular formula is C10H22N2. The third-order valence-electron chi connectivity index (χ3n) is 2.60. The van der Waals surface area contributed by atoms with Gasteiger partial charge in [0.25, 0.3) is 0 Å². The molecule has 1 saturated carbocycles. The van der Waals surface area contributed by atoms with Crippen LogP contribution in [0.2, 0.25) is 0 Å². The van der Waals surface area contributed by atoms with Crippen molar-refractivity contribution in [2.45, 2.75) is 45.1 Å². The van der Waals surface area contributed by atoms with Crippen molar-refractivity contribution in [1.29, 1.82) is 0 Å². The normalized spacial score (nSPS) is 18.2. The molecule has 1 aliphatic carbocycles. The first kappa shape index (κ1) is 10.0. The average Bonchev–Trinajstić information content (AvgIpc) is 2.82. The standard InChI is InChI=1S/C10H22N2/c1-10(2,8-11)12-7-3-4-9-5-6-9/h9,12H,3-8,11H2,1-2H3. The second-order valence-electron chi connectivity index (χ2n) is 4.60. The Morgan fingerprint density at radius 3 is 2.58 bits per heavy atom. The van der Waals surface area contributed by atoms with Gasteiger partial charge < -0.3 is 11.1 Å². The molecule has 0 radical (unpaired) electrons. The number of rotatable bonds is 6. The van der Waals surface area contributed by atoms with Crippen molar-refractivity contribution in [3.8, 4) is 0 Å². The van der Waals surface area contributed by atoms with Gasteiger partial charge >= 0.3 is 0 Å². The summed E-state index contributed by atoms with van der Waals surface area (Å²) >= 11 is 0. The molecule has 0 unspecified atom stereocenters. The van der Waals surface area contributed by atoms with Crippen LogP contribution in [-0.2, 0) is 0 Å². The summed E-state index contributed by atoms with van der Waals surface area (Å²) in [6.45, 7) is 6.16. The van der Waals surface area contributed by atoms with E-state index in [1.54, 1.807) is 0 Å². The Bertz CT molecular complexity index is 128. The average molecular weight is 170 g/mol. The van der Waals surface area contributed by atoms with Gasteiger partial charge in [0.15, 0.2) is 0 Å². The van der Waals surface area contributed by atoms with E-state index in [1.807, 2.05) is 0 Å². The molecule has 0 aromatic heterocycles. The summed E-state index contributed by atoms with van der Waals surface area (Å²) in [6.07, 6.45) is 5.67. The van der Waals surface area contributed by atoms with Crippen molar-refractivity contribution in [2.24, 2.45) is 11.7 Å². The third kappa shape index (κ3) is 4.07. The highest BCUT2D eigenvalue weighted by molar-refractivity contribution is 4.79. The van der Waals surface area contributed by atoms with E-state index in [9.17, 15) is 0 Å². The molecule has 0 amide bonds. The predicted molar refractivity (Wildman–Crippen MR) is 53.1 cm³/mol. The van der Waals surface area contributed by atoms with Crippen LogP contribution >= 0.6 is 0 Å². The van der Waals surface area contributed by atoms with Crippen LogP contribution in [0.3, 0.4) is 0 Å². The van der Waals surface area contributed by atoms with Crippen LogP contribution in [-0.4, -0.2) is 18.6 Å². The fraction of sp³-hybridized carbons (Fsp3) is 1.00. The topological polar surface area (TPSA) is 38.0 Å². The van der Waals surface area contributed by atoms with Crippen LogP contribution in [0.1, 0.15) is 39.5 Å². The third-order valence-corrected chi connectivity index (χ3v) is 2.60. The molecule has 12 heavy (non-hydrogen) atoms. The van der Waals surface area contributed by atoms with Crippen molar-refractivity contribution in [2.75, 3.05) is 13.1 Å². The smallest absolute Gasteiger partial charge is 0.0247 e. The van der Waals surface area contributed by atoms with E-state index in [4.69, 9.17) is 5.73 Å². The quantitative estimate of drug-likeness (QED) is 0.593. The molecular weight excluding hydrogens is 148 g/mol. The van der Waals surface area contributed by atoms with E-state index in [2.05, 4.69) is 19.2 Å². The molecule has 0 atom stereocenters. The van der Waals surface area contributed by atoms with Crippen LogP contribution in [0, 0.1) is 5.92 Å². The monoisotopic (exact) mass is 170 g/mol. The van der Waals surface area contributed by atoms with E-state index >= 15 is 0 Å². The van der Waals surface area contributed by atoms with E-state index in [0.717, 1.165) is 19.0 Å². The molecule has 0 spiro atoms. The lowest BCUT2D eigenvalue weighted by Crippen LogP contribution is -2.46. The van der Waals surface area contributed by atoms with Gasteiger partial charge in [-0.05, 0) is 39.2 Å². The first-order chi connectivity index (χ1) is 5.64. The Kier molecular flexibility index (Phi) is 3.53. The Morgan fingerprint density at radius 2 is 2.08 bits per heavy atom. The van der Waals surface area contributed by atoms with Gasteiger partial charge in [0, 0.05) is 12.1 Å². The maximum absolute atomic E-state index is 5.60. The second kappa shape index (κ2) is 4.24. The second-order valence-corrected chi connectivity index (χ2v) is 4.60. The Balaban J connectivity index is 1.92. The molecule has 1 fully saturated rings. The minimum atomic E-state index is 0.129. The molecule has 72 valence electrons. The molecule has 1 aliphatic rings. The highest BCUT2D eigenvalue weighted by Gasteiger charge is 2.20. The molecule has 0 heterocycles. The van der Waals surface area contributed by atoms with Gasteiger partial charge in [0.05, 0.1) is 0 Å².